The lowest BCUT2D eigenvalue weighted by molar-refractivity contribution is -0.141. The minimum atomic E-state index is -1.05. The molecule has 158 valence electrons. The molecular weight excluding hydrogens is 376 g/mol. The maximum atomic E-state index is 12.9. The summed E-state index contributed by atoms with van der Waals surface area (Å²) >= 11 is 0. The van der Waals surface area contributed by atoms with Gasteiger partial charge in [-0.05, 0) is 24.8 Å². The minimum Gasteiger partial charge on any atom is -0.480 e. The van der Waals surface area contributed by atoms with Crippen LogP contribution in [0.2, 0.25) is 0 Å². The first-order valence-corrected chi connectivity index (χ1v) is 9.49. The van der Waals surface area contributed by atoms with E-state index in [-0.39, 0.29) is 12.3 Å². The Morgan fingerprint density at radius 3 is 2.41 bits per heavy atom. The molecule has 1 fully saturated rings. The van der Waals surface area contributed by atoms with Crippen molar-refractivity contribution in [3.8, 4) is 0 Å². The van der Waals surface area contributed by atoms with E-state index >= 15 is 0 Å². The van der Waals surface area contributed by atoms with Gasteiger partial charge in [-0.15, -0.1) is 0 Å². The lowest BCUT2D eigenvalue weighted by Crippen LogP contribution is -2.52. The van der Waals surface area contributed by atoms with Crippen LogP contribution in [0.4, 0.5) is 9.59 Å². The predicted molar refractivity (Wildman–Crippen MR) is 107 cm³/mol. The van der Waals surface area contributed by atoms with Crippen LogP contribution in [0.3, 0.4) is 0 Å². The van der Waals surface area contributed by atoms with Crippen molar-refractivity contribution in [1.29, 1.82) is 0 Å². The molecule has 1 aliphatic rings. The summed E-state index contributed by atoms with van der Waals surface area (Å²) in [5, 5.41) is 12.0. The monoisotopic (exact) mass is 404 g/mol. The Bertz CT molecular complexity index is 752. The van der Waals surface area contributed by atoms with Crippen molar-refractivity contribution in [3.63, 3.8) is 0 Å². The van der Waals surface area contributed by atoms with Crippen LogP contribution in [0.1, 0.15) is 18.4 Å². The van der Waals surface area contributed by atoms with Crippen LogP contribution in [-0.2, 0) is 16.0 Å². The fourth-order valence-electron chi connectivity index (χ4n) is 3.26. The number of nitrogens with zero attached hydrogens (tertiary/aromatic N) is 3. The summed E-state index contributed by atoms with van der Waals surface area (Å²) in [5.41, 5.74) is 0.879. The number of ketones is 1. The molecule has 4 amide bonds. The molecule has 0 radical (unpaired) electrons. The lowest BCUT2D eigenvalue weighted by atomic mass is 10.0. The van der Waals surface area contributed by atoms with Gasteiger partial charge in [0, 0.05) is 27.7 Å². The van der Waals surface area contributed by atoms with Gasteiger partial charge in [-0.25, -0.2) is 14.4 Å². The topological polar surface area (TPSA) is 110 Å². The maximum absolute atomic E-state index is 12.9. The molecule has 1 aromatic carbocycles. The third-order valence-corrected chi connectivity index (χ3v) is 4.88. The summed E-state index contributed by atoms with van der Waals surface area (Å²) in [6.07, 6.45) is 1.31. The van der Waals surface area contributed by atoms with E-state index in [1.165, 1.54) is 21.7 Å². The van der Waals surface area contributed by atoms with Crippen LogP contribution in [0.5, 0.6) is 0 Å². The summed E-state index contributed by atoms with van der Waals surface area (Å²) in [6.45, 7) is 0.117. The number of hydrogen-bond acceptors (Lipinski definition) is 4. The van der Waals surface area contributed by atoms with Gasteiger partial charge in [-0.3, -0.25) is 4.79 Å². The molecule has 29 heavy (non-hydrogen) atoms. The highest BCUT2D eigenvalue weighted by Crippen LogP contribution is 2.19. The molecule has 9 nitrogen and oxygen atoms in total. The van der Waals surface area contributed by atoms with E-state index in [4.69, 9.17) is 0 Å². The van der Waals surface area contributed by atoms with Crippen LogP contribution in [0.25, 0.3) is 0 Å². The van der Waals surface area contributed by atoms with Crippen LogP contribution < -0.4 is 5.32 Å². The summed E-state index contributed by atoms with van der Waals surface area (Å²) in [5.74, 6) is -1.37. The highest BCUT2D eigenvalue weighted by atomic mass is 16.4. The fraction of sp³-hybridized carbons (Fsp3) is 0.500. The first-order valence-electron chi connectivity index (χ1n) is 9.49. The first kappa shape index (κ1) is 22.2. The molecule has 1 aromatic rings. The number of likely N-dealkylation sites (N-methyl/N-ethyl adjacent to an activating group) is 1. The average molecular weight is 404 g/mol. The van der Waals surface area contributed by atoms with Crippen molar-refractivity contribution in [3.05, 3.63) is 35.9 Å². The molecule has 1 aliphatic heterocycles. The number of hydrogen-bond donors (Lipinski definition) is 2. The molecule has 0 aliphatic carbocycles. The fourth-order valence-corrected chi connectivity index (χ4v) is 3.26. The number of benzene rings is 1. The predicted octanol–water partition coefficient (Wildman–Crippen LogP) is 1.04. The quantitative estimate of drug-likeness (QED) is 0.706. The van der Waals surface area contributed by atoms with Crippen LogP contribution >= 0.6 is 0 Å². The number of urea groups is 2. The second-order valence-corrected chi connectivity index (χ2v) is 7.38. The molecule has 0 saturated carbocycles. The normalized spacial score (nSPS) is 16.8. The van der Waals surface area contributed by atoms with Crippen molar-refractivity contribution >= 4 is 23.8 Å². The number of rotatable bonds is 7. The second kappa shape index (κ2) is 9.90. The van der Waals surface area contributed by atoms with Gasteiger partial charge >= 0.3 is 18.0 Å². The van der Waals surface area contributed by atoms with Crippen molar-refractivity contribution in [2.75, 3.05) is 34.2 Å². The summed E-state index contributed by atoms with van der Waals surface area (Å²) in [4.78, 5) is 52.8. The summed E-state index contributed by atoms with van der Waals surface area (Å²) < 4.78 is 0. The van der Waals surface area contributed by atoms with Crippen molar-refractivity contribution in [2.24, 2.45) is 0 Å². The number of carbonyl (C=O) groups is 4. The second-order valence-electron chi connectivity index (χ2n) is 7.38. The van der Waals surface area contributed by atoms with Gasteiger partial charge in [0.25, 0.3) is 0 Å². The lowest BCUT2D eigenvalue weighted by Gasteiger charge is -2.28. The molecule has 1 saturated heterocycles. The van der Waals surface area contributed by atoms with Crippen LogP contribution in [0, 0.1) is 0 Å². The molecule has 0 spiro atoms. The highest BCUT2D eigenvalue weighted by Gasteiger charge is 2.36. The Hall–Kier alpha value is -3.10. The van der Waals surface area contributed by atoms with Gasteiger partial charge in [-0.2, -0.15) is 0 Å². The number of carbonyl (C=O) groups excluding carboxylic acids is 3. The molecule has 2 atom stereocenters. The Balaban J connectivity index is 2.08. The average Bonchev–Trinajstić information content (AvgIpc) is 3.17. The Morgan fingerprint density at radius 1 is 1.17 bits per heavy atom. The Morgan fingerprint density at radius 2 is 1.83 bits per heavy atom. The van der Waals surface area contributed by atoms with Crippen LogP contribution in [0.15, 0.2) is 30.3 Å². The zero-order valence-corrected chi connectivity index (χ0v) is 17.0. The van der Waals surface area contributed by atoms with Crippen molar-refractivity contribution in [1.82, 2.24) is 20.0 Å². The van der Waals surface area contributed by atoms with E-state index in [2.05, 4.69) is 5.32 Å². The van der Waals surface area contributed by atoms with Gasteiger partial charge in [-0.1, -0.05) is 30.3 Å². The largest absolute Gasteiger partial charge is 0.480 e. The molecule has 0 aromatic heterocycles. The van der Waals surface area contributed by atoms with Gasteiger partial charge in [0.1, 0.15) is 6.04 Å². The molecule has 2 N–H and O–H groups in total. The Kier molecular flexibility index (Phi) is 7.58. The standard InChI is InChI=1S/C20H28N4O5/c1-22(2)19(28)21-15(12-14-8-5-4-6-9-14)17(25)13-23(3)20(29)24-11-7-10-16(24)18(26)27/h4-6,8-9,15-16H,7,10-13H2,1-3H3,(H,21,28)(H,26,27)/t15-,16-/m0/s1. The molecule has 1 heterocycles. The van der Waals surface area contributed by atoms with Gasteiger partial charge in [0.05, 0.1) is 12.6 Å². The van der Waals surface area contributed by atoms with Crippen LogP contribution in [-0.4, -0.2) is 89.9 Å². The summed E-state index contributed by atoms with van der Waals surface area (Å²) in [6, 6.07) is 6.70. The smallest absolute Gasteiger partial charge is 0.326 e. The van der Waals surface area contributed by atoms with Crippen molar-refractivity contribution in [2.45, 2.75) is 31.3 Å². The molecule has 9 heteroatoms. The number of aliphatic carboxylic acids is 1. The van der Waals surface area contributed by atoms with E-state index in [0.29, 0.717) is 25.8 Å². The number of Topliss-reactive ketones (excluding diaryl/α,β-unsaturated/α-hetero) is 1. The zero-order valence-electron chi connectivity index (χ0n) is 17.0. The third-order valence-electron chi connectivity index (χ3n) is 4.88. The van der Waals surface area contributed by atoms with Gasteiger partial charge < -0.3 is 25.1 Å². The Labute approximate surface area is 170 Å². The minimum absolute atomic E-state index is 0.229. The van der Waals surface area contributed by atoms with E-state index in [9.17, 15) is 24.3 Å². The number of carboxylic acids is 1. The van der Waals surface area contributed by atoms with E-state index in [0.717, 1.165) is 5.56 Å². The van der Waals surface area contributed by atoms with Gasteiger partial charge in [0.2, 0.25) is 0 Å². The van der Waals surface area contributed by atoms with E-state index in [1.807, 2.05) is 30.3 Å². The number of nitrogens with one attached hydrogen (secondary N) is 1. The maximum Gasteiger partial charge on any atom is 0.326 e. The number of amides is 4. The number of carboxylic acid groups (broad SMARTS) is 1. The third kappa shape index (κ3) is 5.94. The number of likely N-dealkylation sites (tertiary alicyclic amines) is 1. The molecule has 0 unspecified atom stereocenters. The van der Waals surface area contributed by atoms with E-state index < -0.39 is 30.1 Å². The zero-order chi connectivity index (χ0) is 21.6. The highest BCUT2D eigenvalue weighted by molar-refractivity contribution is 5.93. The van der Waals surface area contributed by atoms with Gasteiger partial charge in [0.15, 0.2) is 5.78 Å². The van der Waals surface area contributed by atoms with Crippen molar-refractivity contribution < 1.29 is 24.3 Å². The van der Waals surface area contributed by atoms with E-state index in [1.54, 1.807) is 14.1 Å². The first-order chi connectivity index (χ1) is 13.7. The summed E-state index contributed by atoms with van der Waals surface area (Å²) in [7, 11) is 4.62. The molecule has 0 bridgehead atoms. The SMILES string of the molecule is CN(C)C(=O)N[C@@H](Cc1ccccc1)C(=O)CN(C)C(=O)N1CCC[C@H]1C(=O)O. The molecular formula is C20H28N4O5. The molecule has 2 rings (SSSR count).